The van der Waals surface area contributed by atoms with Crippen molar-refractivity contribution < 1.29 is 0 Å². The lowest BCUT2D eigenvalue weighted by Crippen LogP contribution is -2.38. The summed E-state index contributed by atoms with van der Waals surface area (Å²) < 4.78 is 2.01. The van der Waals surface area contributed by atoms with Gasteiger partial charge in [-0.1, -0.05) is 15.9 Å². The zero-order chi connectivity index (χ0) is 14.8. The molecule has 0 saturated carbocycles. The van der Waals surface area contributed by atoms with E-state index in [4.69, 9.17) is 5.73 Å². The molecule has 2 aromatic rings. The van der Waals surface area contributed by atoms with Gasteiger partial charge in [-0.05, 0) is 59.4 Å². The van der Waals surface area contributed by atoms with Crippen LogP contribution in [-0.2, 0) is 0 Å². The topological polar surface area (TPSA) is 70.8 Å². The van der Waals surface area contributed by atoms with Gasteiger partial charge >= 0.3 is 0 Å². The van der Waals surface area contributed by atoms with Gasteiger partial charge in [0.1, 0.15) is 0 Å². The summed E-state index contributed by atoms with van der Waals surface area (Å²) in [6.45, 7) is 2.66. The Morgan fingerprint density at radius 1 is 1.38 bits per heavy atom. The molecule has 0 amide bonds. The number of aromatic nitrogens is 3. The summed E-state index contributed by atoms with van der Waals surface area (Å²) in [7, 11) is 0. The Morgan fingerprint density at radius 2 is 2.24 bits per heavy atom. The van der Waals surface area contributed by atoms with Crippen LogP contribution in [-0.4, -0.2) is 34.8 Å². The van der Waals surface area contributed by atoms with Crippen LogP contribution < -0.4 is 10.6 Å². The summed E-state index contributed by atoms with van der Waals surface area (Å²) in [6.07, 6.45) is 2.34. The average Bonchev–Trinajstić information content (AvgIpc) is 2.97. The Bertz CT molecular complexity index is 628. The summed E-state index contributed by atoms with van der Waals surface area (Å²) in [5.74, 6) is 2.08. The van der Waals surface area contributed by atoms with Gasteiger partial charge in [0.25, 0.3) is 0 Å². The Balaban J connectivity index is 1.83. The van der Waals surface area contributed by atoms with Crippen molar-refractivity contribution >= 4 is 37.8 Å². The maximum Gasteiger partial charge on any atom is 0.245 e. The van der Waals surface area contributed by atoms with E-state index in [-0.39, 0.29) is 0 Å². The summed E-state index contributed by atoms with van der Waals surface area (Å²) in [5.41, 5.74) is 6.79. The van der Waals surface area contributed by atoms with Crippen molar-refractivity contribution in [2.45, 2.75) is 12.8 Å². The maximum absolute atomic E-state index is 5.79. The molecule has 1 unspecified atom stereocenters. The van der Waals surface area contributed by atoms with Crippen molar-refractivity contribution in [1.82, 2.24) is 15.2 Å². The summed E-state index contributed by atoms with van der Waals surface area (Å²) in [5, 5.41) is 7.40. The third kappa shape index (κ3) is 3.30. The van der Waals surface area contributed by atoms with Crippen LogP contribution in [0.15, 0.2) is 27.1 Å². The molecule has 1 aromatic heterocycles. The lowest BCUT2D eigenvalue weighted by Gasteiger charge is -2.31. The number of nitrogens with two attached hydrogens (primary N) is 1. The predicted octanol–water partition coefficient (Wildman–Crippen LogP) is 3.17. The van der Waals surface area contributed by atoms with Gasteiger partial charge in [-0.3, -0.25) is 5.10 Å². The van der Waals surface area contributed by atoms with Gasteiger partial charge in [-0.25, -0.2) is 0 Å². The van der Waals surface area contributed by atoms with E-state index in [9.17, 15) is 0 Å². The van der Waals surface area contributed by atoms with Crippen LogP contribution in [0.2, 0.25) is 0 Å². The molecule has 3 N–H and O–H groups in total. The number of nitrogens with one attached hydrogen (secondary N) is 1. The molecule has 7 heteroatoms. The fourth-order valence-corrected chi connectivity index (χ4v) is 3.87. The fourth-order valence-electron chi connectivity index (χ4n) is 2.64. The molecule has 0 aliphatic carbocycles. The third-order valence-electron chi connectivity index (χ3n) is 3.80. The van der Waals surface area contributed by atoms with Crippen LogP contribution in [0.25, 0.3) is 11.4 Å². The highest BCUT2D eigenvalue weighted by Gasteiger charge is 2.22. The van der Waals surface area contributed by atoms with Crippen molar-refractivity contribution in [3.63, 3.8) is 0 Å². The lowest BCUT2D eigenvalue weighted by atomic mass is 9.99. The van der Waals surface area contributed by atoms with E-state index in [0.717, 1.165) is 52.3 Å². The molecule has 0 radical (unpaired) electrons. The van der Waals surface area contributed by atoms with Gasteiger partial charge < -0.3 is 10.6 Å². The van der Waals surface area contributed by atoms with Gasteiger partial charge in [-0.2, -0.15) is 4.98 Å². The Kier molecular flexibility index (Phi) is 4.61. The number of nitrogens with zero attached hydrogens (tertiary/aromatic N) is 3. The van der Waals surface area contributed by atoms with Gasteiger partial charge in [0.15, 0.2) is 5.82 Å². The second-order valence-electron chi connectivity index (χ2n) is 5.30. The molecule has 2 heterocycles. The summed E-state index contributed by atoms with van der Waals surface area (Å²) in [4.78, 5) is 6.85. The molecule has 1 saturated heterocycles. The van der Waals surface area contributed by atoms with Crippen molar-refractivity contribution in [2.24, 2.45) is 11.7 Å². The molecule has 5 nitrogen and oxygen atoms in total. The van der Waals surface area contributed by atoms with Crippen molar-refractivity contribution in [3.05, 3.63) is 27.1 Å². The first-order chi connectivity index (χ1) is 10.2. The standard InChI is InChI=1S/C14H17Br2N5/c15-10-3-4-11(12(16)6-10)13-18-14(20-19-13)21-5-1-2-9(7-17)8-21/h3-4,6,9H,1-2,5,7-8,17H2,(H,18,19,20). The van der Waals surface area contributed by atoms with Crippen molar-refractivity contribution in [1.29, 1.82) is 0 Å². The van der Waals surface area contributed by atoms with E-state index >= 15 is 0 Å². The molecular weight excluding hydrogens is 398 g/mol. The van der Waals surface area contributed by atoms with Gasteiger partial charge in [0.05, 0.1) is 0 Å². The predicted molar refractivity (Wildman–Crippen MR) is 91.2 cm³/mol. The number of aromatic amines is 1. The fraction of sp³-hybridized carbons (Fsp3) is 0.429. The van der Waals surface area contributed by atoms with E-state index in [0.29, 0.717) is 5.92 Å². The van der Waals surface area contributed by atoms with Crippen molar-refractivity contribution in [3.8, 4) is 11.4 Å². The summed E-state index contributed by atoms with van der Waals surface area (Å²) >= 11 is 7.02. The van der Waals surface area contributed by atoms with Crippen LogP contribution in [0.3, 0.4) is 0 Å². The highest BCUT2D eigenvalue weighted by molar-refractivity contribution is 9.11. The van der Waals surface area contributed by atoms with Gasteiger partial charge in [-0.15, -0.1) is 5.10 Å². The van der Waals surface area contributed by atoms with Crippen molar-refractivity contribution in [2.75, 3.05) is 24.5 Å². The second kappa shape index (κ2) is 6.46. The zero-order valence-electron chi connectivity index (χ0n) is 11.5. The monoisotopic (exact) mass is 413 g/mol. The highest BCUT2D eigenvalue weighted by atomic mass is 79.9. The van der Waals surface area contributed by atoms with Crippen LogP contribution in [0.5, 0.6) is 0 Å². The van der Waals surface area contributed by atoms with Crippen LogP contribution in [0.4, 0.5) is 5.95 Å². The van der Waals surface area contributed by atoms with E-state index in [1.54, 1.807) is 0 Å². The number of benzene rings is 1. The summed E-state index contributed by atoms with van der Waals surface area (Å²) in [6, 6.07) is 6.01. The minimum absolute atomic E-state index is 0.542. The number of halogens is 2. The molecule has 1 aliphatic heterocycles. The molecule has 112 valence electrons. The zero-order valence-corrected chi connectivity index (χ0v) is 14.7. The highest BCUT2D eigenvalue weighted by Crippen LogP contribution is 2.30. The Morgan fingerprint density at radius 3 is 3.00 bits per heavy atom. The third-order valence-corrected chi connectivity index (χ3v) is 4.94. The molecule has 21 heavy (non-hydrogen) atoms. The van der Waals surface area contributed by atoms with Crippen LogP contribution in [0.1, 0.15) is 12.8 Å². The van der Waals surface area contributed by atoms with E-state index in [1.807, 2.05) is 18.2 Å². The first kappa shape index (κ1) is 15.0. The number of piperidine rings is 1. The number of hydrogen-bond donors (Lipinski definition) is 2. The largest absolute Gasteiger partial charge is 0.339 e. The second-order valence-corrected chi connectivity index (χ2v) is 7.07. The molecule has 1 atom stereocenters. The first-order valence-corrected chi connectivity index (χ1v) is 8.59. The van der Waals surface area contributed by atoms with E-state index < -0.39 is 0 Å². The van der Waals surface area contributed by atoms with E-state index in [2.05, 4.69) is 51.9 Å². The first-order valence-electron chi connectivity index (χ1n) is 7.00. The molecule has 1 aromatic carbocycles. The normalized spacial score (nSPS) is 19.0. The minimum atomic E-state index is 0.542. The molecule has 0 spiro atoms. The molecule has 1 fully saturated rings. The molecule has 1 aliphatic rings. The van der Waals surface area contributed by atoms with Crippen LogP contribution in [0, 0.1) is 5.92 Å². The van der Waals surface area contributed by atoms with Gasteiger partial charge in [0.2, 0.25) is 5.95 Å². The Hall–Kier alpha value is -0.920. The van der Waals surface area contributed by atoms with Crippen LogP contribution >= 0.6 is 31.9 Å². The molecular formula is C14H17Br2N5. The maximum atomic E-state index is 5.79. The van der Waals surface area contributed by atoms with Gasteiger partial charge in [0, 0.05) is 27.6 Å². The molecule has 0 bridgehead atoms. The number of H-pyrrole nitrogens is 1. The number of anilines is 1. The smallest absolute Gasteiger partial charge is 0.245 e. The SMILES string of the molecule is NCC1CCCN(c2n[nH]c(-c3ccc(Br)cc3Br)n2)C1. The van der Waals surface area contributed by atoms with E-state index in [1.165, 1.54) is 6.42 Å². The lowest BCUT2D eigenvalue weighted by molar-refractivity contribution is 0.420. The molecule has 3 rings (SSSR count). The average molecular weight is 415 g/mol. The number of rotatable bonds is 3. The minimum Gasteiger partial charge on any atom is -0.339 e. The Labute approximate surface area is 140 Å². The quantitative estimate of drug-likeness (QED) is 0.808. The number of hydrogen-bond acceptors (Lipinski definition) is 4.